The average molecular weight is 421 g/mol. The highest BCUT2D eigenvalue weighted by Gasteiger charge is 2.23. The van der Waals surface area contributed by atoms with E-state index < -0.39 is 0 Å². The van der Waals surface area contributed by atoms with Gasteiger partial charge in [-0.1, -0.05) is 30.3 Å². The Morgan fingerprint density at radius 2 is 1.74 bits per heavy atom. The smallest absolute Gasteiger partial charge is 0.263 e. The van der Waals surface area contributed by atoms with Crippen LogP contribution in [0.4, 0.5) is 5.82 Å². The van der Waals surface area contributed by atoms with Crippen LogP contribution >= 0.6 is 0 Å². The number of para-hydroxylation sites is 1. The van der Waals surface area contributed by atoms with Gasteiger partial charge in [0.1, 0.15) is 17.1 Å². The van der Waals surface area contributed by atoms with Gasteiger partial charge in [-0.05, 0) is 57.0 Å². The van der Waals surface area contributed by atoms with Crippen molar-refractivity contribution < 1.29 is 14.3 Å². The predicted molar refractivity (Wildman–Crippen MR) is 121 cm³/mol. The number of carbonyl (C=O) groups is 2. The molecule has 1 heterocycles. The maximum Gasteiger partial charge on any atom is 0.263 e. The molecule has 2 amide bonds. The molecule has 0 saturated carbocycles. The van der Waals surface area contributed by atoms with E-state index in [9.17, 15) is 9.59 Å². The van der Waals surface area contributed by atoms with E-state index in [0.29, 0.717) is 30.2 Å². The minimum absolute atomic E-state index is 0.177. The number of nitrogens with zero attached hydrogens (tertiary/aromatic N) is 3. The summed E-state index contributed by atoms with van der Waals surface area (Å²) in [4.78, 5) is 27.4. The summed E-state index contributed by atoms with van der Waals surface area (Å²) < 4.78 is 7.29. The summed E-state index contributed by atoms with van der Waals surface area (Å²) in [6.45, 7) is 8.73. The molecule has 3 rings (SSSR count). The number of anilines is 1. The van der Waals surface area contributed by atoms with Crippen LogP contribution in [0.15, 0.2) is 54.7 Å². The summed E-state index contributed by atoms with van der Waals surface area (Å²) in [6, 6.07) is 15.1. The quantitative estimate of drug-likeness (QED) is 0.598. The molecule has 3 aromatic rings. The normalized spacial score (nSPS) is 10.6. The van der Waals surface area contributed by atoms with E-state index in [2.05, 4.69) is 10.4 Å². The summed E-state index contributed by atoms with van der Waals surface area (Å²) in [5.74, 6) is 0.439. The van der Waals surface area contributed by atoms with Gasteiger partial charge in [0.05, 0.1) is 11.9 Å². The number of carbonyl (C=O) groups excluding carboxylic acids is 2. The molecule has 7 heteroatoms. The Morgan fingerprint density at radius 3 is 2.42 bits per heavy atom. The highest BCUT2D eigenvalue weighted by Crippen LogP contribution is 2.23. The van der Waals surface area contributed by atoms with Crippen molar-refractivity contribution in [2.75, 3.05) is 25.0 Å². The Balaban J connectivity index is 1.87. The van der Waals surface area contributed by atoms with Crippen LogP contribution in [0, 0.1) is 13.8 Å². The van der Waals surface area contributed by atoms with Crippen LogP contribution < -0.4 is 10.1 Å². The third-order valence-electron chi connectivity index (χ3n) is 5.22. The fourth-order valence-electron chi connectivity index (χ4n) is 3.26. The molecule has 0 radical (unpaired) electrons. The number of amides is 2. The summed E-state index contributed by atoms with van der Waals surface area (Å²) in [6.07, 6.45) is 1.49. The van der Waals surface area contributed by atoms with E-state index in [1.54, 1.807) is 9.58 Å². The number of aromatic nitrogens is 2. The first-order chi connectivity index (χ1) is 15.0. The van der Waals surface area contributed by atoms with Crippen molar-refractivity contribution >= 4 is 17.6 Å². The summed E-state index contributed by atoms with van der Waals surface area (Å²) in [5, 5.41) is 7.20. The molecule has 0 unspecified atom stereocenters. The minimum Gasteiger partial charge on any atom is -0.483 e. The van der Waals surface area contributed by atoms with Crippen LogP contribution in [0.1, 0.15) is 35.3 Å². The van der Waals surface area contributed by atoms with Crippen LogP contribution in [-0.4, -0.2) is 46.2 Å². The number of nitrogens with one attached hydrogen (secondary N) is 1. The largest absolute Gasteiger partial charge is 0.483 e. The zero-order valence-corrected chi connectivity index (χ0v) is 18.4. The van der Waals surface area contributed by atoms with Gasteiger partial charge in [-0.25, -0.2) is 4.68 Å². The first-order valence-corrected chi connectivity index (χ1v) is 10.4. The number of hydrogen-bond donors (Lipinski definition) is 1. The predicted octanol–water partition coefficient (Wildman–Crippen LogP) is 3.99. The Morgan fingerprint density at radius 1 is 1.03 bits per heavy atom. The average Bonchev–Trinajstić information content (AvgIpc) is 3.19. The molecule has 1 N–H and O–H groups in total. The molecular weight excluding hydrogens is 392 g/mol. The van der Waals surface area contributed by atoms with Crippen molar-refractivity contribution in [1.29, 1.82) is 0 Å². The van der Waals surface area contributed by atoms with E-state index in [4.69, 9.17) is 4.74 Å². The topological polar surface area (TPSA) is 76.5 Å². The molecule has 0 aliphatic carbocycles. The van der Waals surface area contributed by atoms with E-state index in [0.717, 1.165) is 16.8 Å². The van der Waals surface area contributed by atoms with Gasteiger partial charge in [0.15, 0.2) is 6.61 Å². The van der Waals surface area contributed by atoms with Gasteiger partial charge < -0.3 is 15.0 Å². The van der Waals surface area contributed by atoms with E-state index in [1.165, 1.54) is 6.20 Å². The molecule has 0 aliphatic heterocycles. The van der Waals surface area contributed by atoms with Gasteiger partial charge in [0, 0.05) is 13.1 Å². The lowest BCUT2D eigenvalue weighted by Crippen LogP contribution is -2.31. The molecule has 31 heavy (non-hydrogen) atoms. The fourth-order valence-corrected chi connectivity index (χ4v) is 3.26. The van der Waals surface area contributed by atoms with Crippen LogP contribution in [0.25, 0.3) is 5.69 Å². The Hall–Kier alpha value is -3.61. The van der Waals surface area contributed by atoms with Crippen molar-refractivity contribution in [1.82, 2.24) is 14.7 Å². The van der Waals surface area contributed by atoms with Crippen molar-refractivity contribution in [2.24, 2.45) is 0 Å². The zero-order chi connectivity index (χ0) is 22.4. The maximum atomic E-state index is 13.0. The molecule has 0 saturated heterocycles. The molecular formula is C24H28N4O3. The second kappa shape index (κ2) is 9.93. The molecule has 1 aromatic heterocycles. The Labute approximate surface area is 182 Å². The summed E-state index contributed by atoms with van der Waals surface area (Å²) >= 11 is 0. The maximum absolute atomic E-state index is 13.0. The number of aryl methyl sites for hydroxylation is 1. The lowest BCUT2D eigenvalue weighted by molar-refractivity contribution is -0.118. The minimum atomic E-state index is -0.368. The van der Waals surface area contributed by atoms with Crippen molar-refractivity contribution in [3.8, 4) is 11.4 Å². The number of rotatable bonds is 8. The van der Waals surface area contributed by atoms with Crippen molar-refractivity contribution in [3.05, 3.63) is 71.4 Å². The standard InChI is InChI=1S/C24H28N4O3/c1-5-27(6-2)24(30)20-15-25-28(19-12-8-7-9-13-19)23(20)26-22(29)16-31-21-14-10-11-17(3)18(21)4/h7-15H,5-6,16H2,1-4H3,(H,26,29). The van der Waals surface area contributed by atoms with E-state index in [-0.39, 0.29) is 18.4 Å². The zero-order valence-electron chi connectivity index (χ0n) is 18.4. The summed E-state index contributed by atoms with van der Waals surface area (Å²) in [7, 11) is 0. The second-order valence-electron chi connectivity index (χ2n) is 7.17. The molecule has 0 aliphatic rings. The van der Waals surface area contributed by atoms with Crippen molar-refractivity contribution in [3.63, 3.8) is 0 Å². The van der Waals surface area contributed by atoms with Crippen LogP contribution in [0.3, 0.4) is 0 Å². The van der Waals surface area contributed by atoms with Gasteiger partial charge in [-0.2, -0.15) is 5.10 Å². The monoisotopic (exact) mass is 420 g/mol. The molecule has 0 bridgehead atoms. The lowest BCUT2D eigenvalue weighted by Gasteiger charge is -2.19. The first-order valence-electron chi connectivity index (χ1n) is 10.4. The van der Waals surface area contributed by atoms with Crippen LogP contribution in [-0.2, 0) is 4.79 Å². The molecule has 0 spiro atoms. The van der Waals surface area contributed by atoms with Gasteiger partial charge in [0.2, 0.25) is 0 Å². The molecule has 7 nitrogen and oxygen atoms in total. The summed E-state index contributed by atoms with van der Waals surface area (Å²) in [5.41, 5.74) is 3.16. The van der Waals surface area contributed by atoms with Crippen molar-refractivity contribution in [2.45, 2.75) is 27.7 Å². The Kier molecular flexibility index (Phi) is 7.07. The fraction of sp³-hybridized carbons (Fsp3) is 0.292. The lowest BCUT2D eigenvalue weighted by atomic mass is 10.1. The first kappa shape index (κ1) is 22.1. The number of hydrogen-bond acceptors (Lipinski definition) is 4. The highest BCUT2D eigenvalue weighted by molar-refractivity contribution is 6.03. The SMILES string of the molecule is CCN(CC)C(=O)c1cnn(-c2ccccc2)c1NC(=O)COc1cccc(C)c1C. The third-order valence-corrected chi connectivity index (χ3v) is 5.22. The van der Waals surface area contributed by atoms with Gasteiger partial charge in [0.25, 0.3) is 11.8 Å². The molecule has 2 aromatic carbocycles. The number of ether oxygens (including phenoxy) is 1. The van der Waals surface area contributed by atoms with Gasteiger partial charge >= 0.3 is 0 Å². The molecule has 0 fully saturated rings. The van der Waals surface area contributed by atoms with Gasteiger partial charge in [-0.3, -0.25) is 9.59 Å². The molecule has 0 atom stereocenters. The third kappa shape index (κ3) is 4.94. The second-order valence-corrected chi connectivity index (χ2v) is 7.17. The molecule has 162 valence electrons. The van der Waals surface area contributed by atoms with Gasteiger partial charge in [-0.15, -0.1) is 0 Å². The van der Waals surface area contributed by atoms with E-state index >= 15 is 0 Å². The number of benzene rings is 2. The van der Waals surface area contributed by atoms with Crippen LogP contribution in [0.5, 0.6) is 5.75 Å². The van der Waals surface area contributed by atoms with Crippen LogP contribution in [0.2, 0.25) is 0 Å². The Bertz CT molecular complexity index is 1060. The highest BCUT2D eigenvalue weighted by atomic mass is 16.5. The van der Waals surface area contributed by atoms with E-state index in [1.807, 2.05) is 76.2 Å².